The van der Waals surface area contributed by atoms with Gasteiger partial charge in [0.25, 0.3) is 0 Å². The lowest BCUT2D eigenvalue weighted by Gasteiger charge is -1.97. The molecular formula is C4H10O3Si. The van der Waals surface area contributed by atoms with Crippen LogP contribution >= 0.6 is 0 Å². The van der Waals surface area contributed by atoms with Crippen LogP contribution in [-0.2, 0) is 14.0 Å². The van der Waals surface area contributed by atoms with Crippen LogP contribution in [0, 0.1) is 0 Å². The number of hydrogen-bond acceptors (Lipinski definition) is 3. The van der Waals surface area contributed by atoms with E-state index in [1.807, 2.05) is 0 Å². The van der Waals surface area contributed by atoms with Crippen LogP contribution in [-0.4, -0.2) is 29.7 Å². The monoisotopic (exact) mass is 134 g/mol. The predicted molar refractivity (Wildman–Crippen MR) is 32.5 cm³/mol. The molecule has 0 N–H and O–H groups in total. The highest BCUT2D eigenvalue weighted by Crippen LogP contribution is 1.74. The Balaban J connectivity index is 2.82. The Morgan fingerprint density at radius 1 is 1.62 bits per heavy atom. The van der Waals surface area contributed by atoms with E-state index in [1.54, 1.807) is 0 Å². The maximum atomic E-state index is 10.1. The van der Waals surface area contributed by atoms with Gasteiger partial charge in [-0.2, -0.15) is 0 Å². The number of esters is 1. The summed E-state index contributed by atoms with van der Waals surface area (Å²) in [6.07, 6.45) is 0. The normalized spacial score (nSPS) is 9.12. The average molecular weight is 134 g/mol. The summed E-state index contributed by atoms with van der Waals surface area (Å²) in [6.45, 7) is 2.30. The van der Waals surface area contributed by atoms with Crippen LogP contribution in [0.15, 0.2) is 0 Å². The van der Waals surface area contributed by atoms with Gasteiger partial charge in [-0.3, -0.25) is 4.79 Å². The summed E-state index contributed by atoms with van der Waals surface area (Å²) in [7, 11) is 0.708. The van der Waals surface area contributed by atoms with Crippen molar-refractivity contribution in [3.05, 3.63) is 0 Å². The lowest BCUT2D eigenvalue weighted by Crippen LogP contribution is -2.05. The molecule has 48 valence electrons. The van der Waals surface area contributed by atoms with Crippen LogP contribution in [0.4, 0.5) is 0 Å². The number of hydrogen-bond donors (Lipinski definition) is 0. The van der Waals surface area contributed by atoms with E-state index in [9.17, 15) is 4.79 Å². The molecule has 3 nitrogen and oxygen atoms in total. The Hall–Kier alpha value is -0.353. The quantitative estimate of drug-likeness (QED) is 0.278. The Morgan fingerprint density at radius 2 is 2.25 bits per heavy atom. The fraction of sp³-hybridized carbons (Fsp3) is 0.750. The Labute approximate surface area is 51.5 Å². The van der Waals surface area contributed by atoms with Crippen molar-refractivity contribution in [3.8, 4) is 0 Å². The topological polar surface area (TPSA) is 35.5 Å². The minimum atomic E-state index is -0.247. The molecule has 0 aliphatic rings. The van der Waals surface area contributed by atoms with Gasteiger partial charge in [-0.1, -0.05) is 0 Å². The molecule has 0 saturated carbocycles. The van der Waals surface area contributed by atoms with E-state index in [4.69, 9.17) is 4.43 Å². The third kappa shape index (κ3) is 5.65. The van der Waals surface area contributed by atoms with Crippen LogP contribution < -0.4 is 0 Å². The molecule has 0 aliphatic heterocycles. The first-order valence-corrected chi connectivity index (χ1v) is 3.21. The van der Waals surface area contributed by atoms with E-state index in [2.05, 4.69) is 4.74 Å². The number of carbonyl (C=O) groups is 1. The van der Waals surface area contributed by atoms with Crippen molar-refractivity contribution in [1.29, 1.82) is 0 Å². The molecule has 0 aromatic carbocycles. The molecule has 0 radical (unpaired) electrons. The highest BCUT2D eigenvalue weighted by Gasteiger charge is 1.87. The fourth-order valence-electron chi connectivity index (χ4n) is 0.269. The molecule has 0 aliphatic carbocycles. The lowest BCUT2D eigenvalue weighted by atomic mass is 10.7. The van der Waals surface area contributed by atoms with Crippen LogP contribution in [0.1, 0.15) is 6.92 Å². The van der Waals surface area contributed by atoms with E-state index in [0.29, 0.717) is 23.7 Å². The molecule has 0 bridgehead atoms. The molecule has 4 heteroatoms. The second-order valence-electron chi connectivity index (χ2n) is 1.33. The van der Waals surface area contributed by atoms with E-state index in [1.165, 1.54) is 6.92 Å². The van der Waals surface area contributed by atoms with E-state index < -0.39 is 0 Å². The van der Waals surface area contributed by atoms with Gasteiger partial charge in [0, 0.05) is 6.92 Å². The number of rotatable bonds is 3. The van der Waals surface area contributed by atoms with Gasteiger partial charge in [-0.25, -0.2) is 0 Å². The first kappa shape index (κ1) is 7.65. The molecule has 0 rings (SSSR count). The molecule has 0 amide bonds. The molecule has 0 unspecified atom stereocenters. The van der Waals surface area contributed by atoms with Crippen molar-refractivity contribution in [2.45, 2.75) is 6.92 Å². The molecule has 8 heavy (non-hydrogen) atoms. The van der Waals surface area contributed by atoms with E-state index >= 15 is 0 Å². The van der Waals surface area contributed by atoms with E-state index in [0.717, 1.165) is 0 Å². The fourth-order valence-corrected chi connectivity index (χ4v) is 0.435. The number of ether oxygens (including phenoxy) is 1. The summed E-state index contributed by atoms with van der Waals surface area (Å²) in [6, 6.07) is 0. The van der Waals surface area contributed by atoms with Gasteiger partial charge in [0.2, 0.25) is 0 Å². The van der Waals surface area contributed by atoms with Crippen molar-refractivity contribution in [1.82, 2.24) is 0 Å². The van der Waals surface area contributed by atoms with Crippen molar-refractivity contribution in [2.75, 3.05) is 13.2 Å². The highest BCUT2D eigenvalue weighted by molar-refractivity contribution is 5.97. The Kier molecular flexibility index (Phi) is 4.59. The van der Waals surface area contributed by atoms with Crippen molar-refractivity contribution < 1.29 is 14.0 Å². The predicted octanol–water partition coefficient (Wildman–Crippen LogP) is -1.15. The van der Waals surface area contributed by atoms with Crippen molar-refractivity contribution >= 4 is 16.5 Å². The molecule has 0 aromatic heterocycles. The standard InChI is InChI=1S/C4H10O3Si/c1-4(5)6-2-3-7-8/h2-3H2,1,8H3. The molecule has 0 saturated heterocycles. The molecular weight excluding hydrogens is 124 g/mol. The van der Waals surface area contributed by atoms with E-state index in [-0.39, 0.29) is 5.97 Å². The zero-order valence-electron chi connectivity index (χ0n) is 5.14. The zero-order valence-corrected chi connectivity index (χ0v) is 7.14. The average Bonchev–Trinajstić information content (AvgIpc) is 1.66. The molecule has 0 fully saturated rings. The van der Waals surface area contributed by atoms with Gasteiger partial charge >= 0.3 is 5.97 Å². The van der Waals surface area contributed by atoms with Gasteiger partial charge in [-0.05, 0) is 0 Å². The summed E-state index contributed by atoms with van der Waals surface area (Å²) in [4.78, 5) is 10.1. The zero-order chi connectivity index (χ0) is 6.41. The van der Waals surface area contributed by atoms with Gasteiger partial charge in [0.1, 0.15) is 17.1 Å². The maximum Gasteiger partial charge on any atom is 0.302 e. The molecule has 0 heterocycles. The minimum Gasteiger partial charge on any atom is -0.463 e. The smallest absolute Gasteiger partial charge is 0.302 e. The van der Waals surface area contributed by atoms with Crippen LogP contribution in [0.25, 0.3) is 0 Å². The molecule has 0 spiro atoms. The van der Waals surface area contributed by atoms with Crippen LogP contribution in [0.3, 0.4) is 0 Å². The third-order valence-electron chi connectivity index (χ3n) is 0.593. The number of carbonyl (C=O) groups excluding carboxylic acids is 1. The largest absolute Gasteiger partial charge is 0.463 e. The second-order valence-corrected chi connectivity index (χ2v) is 1.91. The second kappa shape index (κ2) is 4.80. The van der Waals surface area contributed by atoms with Gasteiger partial charge in [-0.15, -0.1) is 0 Å². The summed E-state index contributed by atoms with van der Waals surface area (Å²) in [5.41, 5.74) is 0. The van der Waals surface area contributed by atoms with Gasteiger partial charge < -0.3 is 9.16 Å². The highest BCUT2D eigenvalue weighted by atomic mass is 28.2. The summed E-state index contributed by atoms with van der Waals surface area (Å²) in [5.74, 6) is -0.247. The molecule has 0 aromatic rings. The SMILES string of the molecule is CC(=O)OCCO[SiH3]. The van der Waals surface area contributed by atoms with Crippen LogP contribution in [0.2, 0.25) is 0 Å². The Morgan fingerprint density at radius 3 is 2.62 bits per heavy atom. The summed E-state index contributed by atoms with van der Waals surface area (Å²) < 4.78 is 9.29. The summed E-state index contributed by atoms with van der Waals surface area (Å²) in [5, 5.41) is 0. The maximum absolute atomic E-state index is 10.1. The molecule has 0 atom stereocenters. The third-order valence-corrected chi connectivity index (χ3v) is 1.00. The lowest BCUT2D eigenvalue weighted by molar-refractivity contribution is -0.141. The Bertz CT molecular complexity index is 73.7. The van der Waals surface area contributed by atoms with Crippen molar-refractivity contribution in [2.24, 2.45) is 0 Å². The summed E-state index contributed by atoms with van der Waals surface area (Å²) >= 11 is 0. The minimum absolute atomic E-state index is 0.247. The first-order valence-electron chi connectivity index (χ1n) is 2.39. The van der Waals surface area contributed by atoms with Gasteiger partial charge in [0.05, 0.1) is 6.61 Å². The van der Waals surface area contributed by atoms with Crippen molar-refractivity contribution in [3.63, 3.8) is 0 Å². The van der Waals surface area contributed by atoms with Gasteiger partial charge in [0.15, 0.2) is 0 Å². The van der Waals surface area contributed by atoms with Crippen LogP contribution in [0.5, 0.6) is 0 Å². The first-order chi connectivity index (χ1) is 3.77.